The van der Waals surface area contributed by atoms with Crippen molar-refractivity contribution in [2.45, 2.75) is 65.2 Å². The highest BCUT2D eigenvalue weighted by atomic mass is 79.9. The highest BCUT2D eigenvalue weighted by molar-refractivity contribution is 9.10. The van der Waals surface area contributed by atoms with Crippen molar-refractivity contribution in [3.8, 4) is 5.75 Å². The third-order valence-electron chi connectivity index (χ3n) is 3.77. The minimum atomic E-state index is -0.348. The molecule has 0 unspecified atom stereocenters. The van der Waals surface area contributed by atoms with Crippen LogP contribution in [0.15, 0.2) is 22.7 Å². The van der Waals surface area contributed by atoms with Gasteiger partial charge >= 0.3 is 0 Å². The Balaban J connectivity index is 2.41. The second kappa shape index (κ2) is 12.8. The molecule has 0 atom stereocenters. The third kappa shape index (κ3) is 8.91. The van der Waals surface area contributed by atoms with E-state index in [4.69, 9.17) is 4.74 Å². The molecule has 6 heteroatoms. The molecule has 0 heterocycles. The maximum Gasteiger partial charge on any atom is 0.269 e. The Kier molecular flexibility index (Phi) is 11.0. The molecular formula is C19H29BrN2O3. The van der Waals surface area contributed by atoms with Crippen molar-refractivity contribution in [1.82, 2.24) is 10.9 Å². The smallest absolute Gasteiger partial charge is 0.269 e. The van der Waals surface area contributed by atoms with Crippen LogP contribution in [0.2, 0.25) is 0 Å². The van der Waals surface area contributed by atoms with Crippen LogP contribution in [0.5, 0.6) is 5.75 Å². The summed E-state index contributed by atoms with van der Waals surface area (Å²) < 4.78 is 6.45. The topological polar surface area (TPSA) is 67.4 Å². The van der Waals surface area contributed by atoms with E-state index < -0.39 is 0 Å². The van der Waals surface area contributed by atoms with Gasteiger partial charge in [0.2, 0.25) is 5.91 Å². The summed E-state index contributed by atoms with van der Waals surface area (Å²) >= 11 is 3.43. The second-order valence-corrected chi connectivity index (χ2v) is 6.87. The summed E-state index contributed by atoms with van der Waals surface area (Å²) in [7, 11) is 0. The van der Waals surface area contributed by atoms with E-state index >= 15 is 0 Å². The number of nitrogens with one attached hydrogen (secondary N) is 2. The van der Waals surface area contributed by atoms with Crippen molar-refractivity contribution in [1.29, 1.82) is 0 Å². The predicted molar refractivity (Wildman–Crippen MR) is 104 cm³/mol. The fourth-order valence-corrected chi connectivity index (χ4v) is 2.76. The van der Waals surface area contributed by atoms with Crippen molar-refractivity contribution >= 4 is 27.7 Å². The molecule has 25 heavy (non-hydrogen) atoms. The summed E-state index contributed by atoms with van der Waals surface area (Å²) in [6, 6.07) is 5.15. The molecule has 0 saturated carbocycles. The van der Waals surface area contributed by atoms with Crippen molar-refractivity contribution in [3.05, 3.63) is 28.2 Å². The van der Waals surface area contributed by atoms with Crippen LogP contribution in [0.1, 0.15) is 75.6 Å². The first-order valence-electron chi connectivity index (χ1n) is 9.10. The number of benzene rings is 1. The van der Waals surface area contributed by atoms with Gasteiger partial charge in [-0.15, -0.1) is 0 Å². The van der Waals surface area contributed by atoms with E-state index in [1.54, 1.807) is 18.2 Å². The highest BCUT2D eigenvalue weighted by Crippen LogP contribution is 2.26. The first-order chi connectivity index (χ1) is 12.1. The number of carbonyl (C=O) groups excluding carboxylic acids is 2. The van der Waals surface area contributed by atoms with Crippen molar-refractivity contribution in [2.24, 2.45) is 0 Å². The molecule has 0 saturated heterocycles. The average molecular weight is 413 g/mol. The van der Waals surface area contributed by atoms with Crippen molar-refractivity contribution < 1.29 is 14.3 Å². The summed E-state index contributed by atoms with van der Waals surface area (Å²) in [5.74, 6) is 0.198. The van der Waals surface area contributed by atoms with E-state index in [1.165, 1.54) is 12.8 Å². The van der Waals surface area contributed by atoms with Gasteiger partial charge in [-0.05, 0) is 47.0 Å². The monoisotopic (exact) mass is 412 g/mol. The van der Waals surface area contributed by atoms with E-state index in [1.807, 2.05) is 0 Å². The zero-order chi connectivity index (χ0) is 18.5. The van der Waals surface area contributed by atoms with Gasteiger partial charge in [-0.1, -0.05) is 46.0 Å². The molecule has 0 aliphatic carbocycles. The zero-order valence-electron chi connectivity index (χ0n) is 15.2. The second-order valence-electron chi connectivity index (χ2n) is 6.01. The fraction of sp³-hybridized carbons (Fsp3) is 0.579. The van der Waals surface area contributed by atoms with Gasteiger partial charge in [-0.2, -0.15) is 0 Å². The molecule has 0 aliphatic heterocycles. The van der Waals surface area contributed by atoms with Gasteiger partial charge in [0.1, 0.15) is 5.75 Å². The molecule has 1 aromatic rings. The maximum absolute atomic E-state index is 12.1. The van der Waals surface area contributed by atoms with E-state index in [0.717, 1.165) is 42.3 Å². The van der Waals surface area contributed by atoms with E-state index in [-0.39, 0.29) is 11.8 Å². The molecule has 0 aliphatic rings. The lowest BCUT2D eigenvalue weighted by Crippen LogP contribution is -2.41. The Morgan fingerprint density at radius 2 is 1.72 bits per heavy atom. The number of hydrogen-bond donors (Lipinski definition) is 2. The number of halogens is 1. The lowest BCUT2D eigenvalue weighted by Gasteiger charge is -2.11. The minimum absolute atomic E-state index is 0.173. The van der Waals surface area contributed by atoms with Crippen LogP contribution in [0.3, 0.4) is 0 Å². The number of unbranched alkanes of at least 4 members (excludes halogenated alkanes) is 5. The number of rotatable bonds is 11. The van der Waals surface area contributed by atoms with Crippen molar-refractivity contribution in [3.63, 3.8) is 0 Å². The van der Waals surface area contributed by atoms with Crippen LogP contribution in [-0.2, 0) is 4.79 Å². The maximum atomic E-state index is 12.1. The molecule has 2 amide bonds. The van der Waals surface area contributed by atoms with Crippen LogP contribution in [0.25, 0.3) is 0 Å². The molecule has 0 radical (unpaired) electrons. The molecular weight excluding hydrogens is 384 g/mol. The molecule has 1 rings (SSSR count). The first kappa shape index (κ1) is 21.5. The van der Waals surface area contributed by atoms with E-state index in [2.05, 4.69) is 40.6 Å². The Morgan fingerprint density at radius 3 is 2.40 bits per heavy atom. The predicted octanol–water partition coefficient (Wildman–Crippen LogP) is 4.75. The van der Waals surface area contributed by atoms with Gasteiger partial charge in [0, 0.05) is 12.0 Å². The molecule has 0 fully saturated rings. The lowest BCUT2D eigenvalue weighted by molar-refractivity contribution is -0.121. The average Bonchev–Trinajstić information content (AvgIpc) is 2.60. The molecule has 0 bridgehead atoms. The molecule has 2 N–H and O–H groups in total. The molecule has 0 spiro atoms. The van der Waals surface area contributed by atoms with Crippen LogP contribution in [0, 0.1) is 0 Å². The summed E-state index contributed by atoms with van der Waals surface area (Å²) in [5.41, 5.74) is 5.34. The largest absolute Gasteiger partial charge is 0.492 e. The fourth-order valence-electron chi connectivity index (χ4n) is 2.27. The van der Waals surface area contributed by atoms with Gasteiger partial charge in [0.05, 0.1) is 11.1 Å². The van der Waals surface area contributed by atoms with Crippen LogP contribution in [-0.4, -0.2) is 18.4 Å². The van der Waals surface area contributed by atoms with Gasteiger partial charge in [-0.25, -0.2) is 0 Å². The third-order valence-corrected chi connectivity index (χ3v) is 4.39. The summed E-state index contributed by atoms with van der Waals surface area (Å²) in [6.45, 7) is 4.92. The van der Waals surface area contributed by atoms with Crippen LogP contribution < -0.4 is 15.6 Å². The Labute approximate surface area is 159 Å². The normalized spacial score (nSPS) is 10.4. The SMILES string of the molecule is CCCCCCOc1ccc(C(=O)NNC(=O)CCCCC)cc1Br. The number of carbonyl (C=O) groups is 2. The molecule has 5 nitrogen and oxygen atoms in total. The Morgan fingerprint density at radius 1 is 1.00 bits per heavy atom. The number of hydrogen-bond acceptors (Lipinski definition) is 3. The van der Waals surface area contributed by atoms with Gasteiger partial charge < -0.3 is 4.74 Å². The first-order valence-corrected chi connectivity index (χ1v) is 9.89. The highest BCUT2D eigenvalue weighted by Gasteiger charge is 2.10. The van der Waals surface area contributed by atoms with E-state index in [9.17, 15) is 9.59 Å². The lowest BCUT2D eigenvalue weighted by atomic mass is 10.2. The number of ether oxygens (including phenoxy) is 1. The zero-order valence-corrected chi connectivity index (χ0v) is 16.8. The Hall–Kier alpha value is -1.56. The summed E-state index contributed by atoms with van der Waals surface area (Å²) in [6.07, 6.45) is 7.90. The molecule has 1 aromatic carbocycles. The number of amides is 2. The Bertz CT molecular complexity index is 549. The van der Waals surface area contributed by atoms with Crippen LogP contribution >= 0.6 is 15.9 Å². The number of hydrazine groups is 1. The van der Waals surface area contributed by atoms with Crippen molar-refractivity contribution in [2.75, 3.05) is 6.61 Å². The quantitative estimate of drug-likeness (QED) is 0.406. The summed E-state index contributed by atoms with van der Waals surface area (Å²) in [4.78, 5) is 23.7. The molecule has 0 aromatic heterocycles. The van der Waals surface area contributed by atoms with Gasteiger partial charge in [0.15, 0.2) is 0 Å². The molecule has 140 valence electrons. The van der Waals surface area contributed by atoms with Gasteiger partial charge in [-0.3, -0.25) is 20.4 Å². The standard InChI is InChI=1S/C19H29BrN2O3/c1-3-5-7-9-13-25-17-12-11-15(14-16(17)20)19(24)22-21-18(23)10-8-6-4-2/h11-12,14H,3-10,13H2,1-2H3,(H,21,23)(H,22,24). The van der Waals surface area contributed by atoms with E-state index in [0.29, 0.717) is 18.6 Å². The minimum Gasteiger partial charge on any atom is -0.492 e. The van der Waals surface area contributed by atoms with Gasteiger partial charge in [0.25, 0.3) is 5.91 Å². The van der Waals surface area contributed by atoms with Crippen LogP contribution in [0.4, 0.5) is 0 Å². The summed E-state index contributed by atoms with van der Waals surface area (Å²) in [5, 5.41) is 0.